The topological polar surface area (TPSA) is 72.9 Å². The molecule has 7 heteroatoms. The minimum Gasteiger partial charge on any atom is -0.383 e. The summed E-state index contributed by atoms with van der Waals surface area (Å²) in [5, 5.41) is 0. The molecule has 0 aromatic carbocycles. The van der Waals surface area contributed by atoms with Crippen molar-refractivity contribution in [3.05, 3.63) is 0 Å². The van der Waals surface area contributed by atoms with E-state index in [-0.39, 0.29) is 23.5 Å². The second kappa shape index (κ2) is 8.26. The first-order valence-corrected chi connectivity index (χ1v) is 9.90. The third kappa shape index (κ3) is 5.21. The molecule has 2 rings (SSSR count). The van der Waals surface area contributed by atoms with Crippen LogP contribution in [0.4, 0.5) is 0 Å². The van der Waals surface area contributed by atoms with Crippen molar-refractivity contribution >= 4 is 15.7 Å². The Morgan fingerprint density at radius 3 is 2.59 bits per heavy atom. The van der Waals surface area contributed by atoms with Gasteiger partial charge in [-0.15, -0.1) is 0 Å². The number of methoxy groups -OCH3 is 1. The fourth-order valence-electron chi connectivity index (χ4n) is 3.23. The van der Waals surface area contributed by atoms with Crippen LogP contribution >= 0.6 is 0 Å². The predicted molar refractivity (Wildman–Crippen MR) is 83.4 cm³/mol. The highest BCUT2D eigenvalue weighted by molar-refractivity contribution is 7.91. The van der Waals surface area contributed by atoms with Crippen LogP contribution in [0.15, 0.2) is 0 Å². The molecule has 0 N–H and O–H groups in total. The average molecular weight is 333 g/mol. The molecule has 0 saturated carbocycles. The lowest BCUT2D eigenvalue weighted by molar-refractivity contribution is -0.134. The van der Waals surface area contributed by atoms with Crippen LogP contribution in [0, 0.1) is 5.92 Å². The maximum atomic E-state index is 12.5. The van der Waals surface area contributed by atoms with Gasteiger partial charge in [-0.25, -0.2) is 8.42 Å². The highest BCUT2D eigenvalue weighted by Gasteiger charge is 2.34. The molecule has 0 aromatic heterocycles. The highest BCUT2D eigenvalue weighted by Crippen LogP contribution is 2.23. The number of rotatable bonds is 7. The Bertz CT molecular complexity index is 459. The summed E-state index contributed by atoms with van der Waals surface area (Å²) in [7, 11) is -1.39. The van der Waals surface area contributed by atoms with Crippen LogP contribution in [-0.4, -0.2) is 70.2 Å². The minimum absolute atomic E-state index is 0.0608. The lowest BCUT2D eigenvalue weighted by atomic mass is 9.94. The molecule has 2 heterocycles. The van der Waals surface area contributed by atoms with Gasteiger partial charge in [-0.2, -0.15) is 0 Å². The molecule has 22 heavy (non-hydrogen) atoms. The maximum absolute atomic E-state index is 12.5. The summed E-state index contributed by atoms with van der Waals surface area (Å²) in [6.45, 7) is 2.49. The number of carbonyl (C=O) groups excluding carboxylic acids is 1. The van der Waals surface area contributed by atoms with E-state index in [0.717, 1.165) is 32.5 Å². The predicted octanol–water partition coefficient (Wildman–Crippen LogP) is 0.855. The Hall–Kier alpha value is -0.660. The molecular formula is C15H27NO5S. The number of nitrogens with zero attached hydrogens (tertiary/aromatic N) is 1. The molecule has 2 fully saturated rings. The Morgan fingerprint density at radius 1 is 1.27 bits per heavy atom. The van der Waals surface area contributed by atoms with Gasteiger partial charge in [0.15, 0.2) is 9.84 Å². The molecule has 128 valence electrons. The summed E-state index contributed by atoms with van der Waals surface area (Å²) >= 11 is 0. The first-order chi connectivity index (χ1) is 10.5. The van der Waals surface area contributed by atoms with Crippen molar-refractivity contribution < 1.29 is 22.7 Å². The Balaban J connectivity index is 1.88. The van der Waals surface area contributed by atoms with Gasteiger partial charge in [0.05, 0.1) is 18.1 Å². The molecule has 0 spiro atoms. The smallest absolute Gasteiger partial charge is 0.222 e. The van der Waals surface area contributed by atoms with E-state index in [1.54, 1.807) is 12.0 Å². The molecule has 2 aliphatic rings. The van der Waals surface area contributed by atoms with Gasteiger partial charge in [0, 0.05) is 39.3 Å². The van der Waals surface area contributed by atoms with E-state index in [2.05, 4.69) is 0 Å². The third-order valence-electron chi connectivity index (χ3n) is 4.61. The summed E-state index contributed by atoms with van der Waals surface area (Å²) in [6, 6.07) is -0.178. The first kappa shape index (κ1) is 17.7. The van der Waals surface area contributed by atoms with Gasteiger partial charge in [-0.3, -0.25) is 4.79 Å². The van der Waals surface area contributed by atoms with Gasteiger partial charge < -0.3 is 14.4 Å². The molecule has 2 saturated heterocycles. The van der Waals surface area contributed by atoms with Crippen LogP contribution < -0.4 is 0 Å². The van der Waals surface area contributed by atoms with E-state index in [0.29, 0.717) is 31.9 Å². The van der Waals surface area contributed by atoms with Crippen molar-refractivity contribution in [1.29, 1.82) is 0 Å². The zero-order valence-corrected chi connectivity index (χ0v) is 14.1. The largest absolute Gasteiger partial charge is 0.383 e. The fraction of sp³-hybridized carbons (Fsp3) is 0.933. The van der Waals surface area contributed by atoms with Crippen molar-refractivity contribution in [2.24, 2.45) is 5.92 Å². The van der Waals surface area contributed by atoms with Crippen LogP contribution in [-0.2, 0) is 24.1 Å². The number of carbonyl (C=O) groups is 1. The Kier molecular flexibility index (Phi) is 6.65. The molecule has 1 atom stereocenters. The lowest BCUT2D eigenvalue weighted by Crippen LogP contribution is -2.43. The zero-order valence-electron chi connectivity index (χ0n) is 13.3. The van der Waals surface area contributed by atoms with E-state index in [4.69, 9.17) is 9.47 Å². The molecule has 0 aliphatic carbocycles. The first-order valence-electron chi connectivity index (χ1n) is 8.08. The van der Waals surface area contributed by atoms with Gasteiger partial charge in [-0.1, -0.05) is 0 Å². The number of amides is 1. The van der Waals surface area contributed by atoms with E-state index in [9.17, 15) is 13.2 Å². The quantitative estimate of drug-likeness (QED) is 0.691. The molecule has 6 nitrogen and oxygen atoms in total. The highest BCUT2D eigenvalue weighted by atomic mass is 32.2. The van der Waals surface area contributed by atoms with Gasteiger partial charge in [-0.05, 0) is 31.6 Å². The van der Waals surface area contributed by atoms with Crippen LogP contribution in [0.3, 0.4) is 0 Å². The monoisotopic (exact) mass is 333 g/mol. The van der Waals surface area contributed by atoms with Crippen molar-refractivity contribution in [2.45, 2.75) is 38.1 Å². The average Bonchev–Trinajstić information content (AvgIpc) is 2.86. The normalized spacial score (nSPS) is 25.2. The SMILES string of the molecule is COCCN(C(=O)CCC1CCOCC1)C1CCS(=O)(=O)C1. The van der Waals surface area contributed by atoms with Crippen molar-refractivity contribution in [1.82, 2.24) is 4.90 Å². The van der Waals surface area contributed by atoms with Gasteiger partial charge in [0.25, 0.3) is 0 Å². The molecule has 0 bridgehead atoms. The van der Waals surface area contributed by atoms with Gasteiger partial charge >= 0.3 is 0 Å². The lowest BCUT2D eigenvalue weighted by Gasteiger charge is -2.29. The fourth-order valence-corrected chi connectivity index (χ4v) is 4.96. The molecule has 0 aromatic rings. The van der Waals surface area contributed by atoms with E-state index < -0.39 is 9.84 Å². The summed E-state index contributed by atoms with van der Waals surface area (Å²) < 4.78 is 33.7. The summed E-state index contributed by atoms with van der Waals surface area (Å²) in [6.07, 6.45) is 3.94. The second-order valence-electron chi connectivity index (χ2n) is 6.23. The standard InChI is InChI=1S/C15H27NO5S/c1-20-10-7-16(14-6-11-22(18,19)12-14)15(17)3-2-13-4-8-21-9-5-13/h13-14H,2-12H2,1H3. The zero-order chi connectivity index (χ0) is 16.0. The summed E-state index contributed by atoms with van der Waals surface area (Å²) in [5.74, 6) is 0.897. The van der Waals surface area contributed by atoms with Crippen LogP contribution in [0.1, 0.15) is 32.1 Å². The third-order valence-corrected chi connectivity index (χ3v) is 6.36. The Labute approximate surface area is 133 Å². The Morgan fingerprint density at radius 2 is 2.00 bits per heavy atom. The number of hydrogen-bond donors (Lipinski definition) is 0. The van der Waals surface area contributed by atoms with Gasteiger partial charge in [0.1, 0.15) is 0 Å². The molecule has 1 unspecified atom stereocenters. The van der Waals surface area contributed by atoms with Gasteiger partial charge in [0.2, 0.25) is 5.91 Å². The van der Waals surface area contributed by atoms with E-state index in [1.807, 2.05) is 0 Å². The molecule has 1 amide bonds. The van der Waals surface area contributed by atoms with Crippen molar-refractivity contribution in [3.63, 3.8) is 0 Å². The van der Waals surface area contributed by atoms with Crippen LogP contribution in [0.5, 0.6) is 0 Å². The van der Waals surface area contributed by atoms with Crippen LogP contribution in [0.2, 0.25) is 0 Å². The number of hydrogen-bond acceptors (Lipinski definition) is 5. The molecule has 0 radical (unpaired) electrons. The van der Waals surface area contributed by atoms with E-state index >= 15 is 0 Å². The second-order valence-corrected chi connectivity index (χ2v) is 8.46. The van der Waals surface area contributed by atoms with Crippen LogP contribution in [0.25, 0.3) is 0 Å². The molecular weight excluding hydrogens is 306 g/mol. The van der Waals surface area contributed by atoms with Crippen molar-refractivity contribution in [2.75, 3.05) is 45.0 Å². The summed E-state index contributed by atoms with van der Waals surface area (Å²) in [5.41, 5.74) is 0. The maximum Gasteiger partial charge on any atom is 0.222 e. The minimum atomic E-state index is -2.99. The number of sulfone groups is 1. The number of ether oxygens (including phenoxy) is 2. The molecule has 2 aliphatic heterocycles. The van der Waals surface area contributed by atoms with Crippen molar-refractivity contribution in [3.8, 4) is 0 Å². The van der Waals surface area contributed by atoms with E-state index in [1.165, 1.54) is 0 Å². The summed E-state index contributed by atoms with van der Waals surface area (Å²) in [4.78, 5) is 14.3.